The molecular formula is C11H16BrNO2S. The van der Waals surface area contributed by atoms with E-state index in [1.807, 2.05) is 6.92 Å². The molecule has 0 atom stereocenters. The molecule has 0 aromatic carbocycles. The molecule has 2 heterocycles. The van der Waals surface area contributed by atoms with Gasteiger partial charge < -0.3 is 14.8 Å². The molecule has 0 aliphatic carbocycles. The standard InChI is InChI=1S/C11H16BrNO2S/c1-11(14-4-5-15-11)2-3-13-7-10-6-9(12)8-16-10/h6,8,13H,2-5,7H2,1H3. The van der Waals surface area contributed by atoms with E-state index in [0.29, 0.717) is 13.2 Å². The zero-order chi connectivity index (χ0) is 11.4. The summed E-state index contributed by atoms with van der Waals surface area (Å²) in [4.78, 5) is 1.34. The molecule has 2 rings (SSSR count). The van der Waals surface area contributed by atoms with Crippen LogP contribution in [-0.4, -0.2) is 25.5 Å². The van der Waals surface area contributed by atoms with Gasteiger partial charge in [0.2, 0.25) is 0 Å². The van der Waals surface area contributed by atoms with E-state index in [-0.39, 0.29) is 5.79 Å². The van der Waals surface area contributed by atoms with Gasteiger partial charge in [-0.05, 0) is 28.9 Å². The molecule has 1 N–H and O–H groups in total. The van der Waals surface area contributed by atoms with E-state index < -0.39 is 0 Å². The van der Waals surface area contributed by atoms with Crippen molar-refractivity contribution < 1.29 is 9.47 Å². The first-order valence-electron chi connectivity index (χ1n) is 5.39. The third kappa shape index (κ3) is 3.53. The Morgan fingerprint density at radius 1 is 1.50 bits per heavy atom. The highest BCUT2D eigenvalue weighted by Gasteiger charge is 2.29. The molecule has 1 aromatic heterocycles. The Morgan fingerprint density at radius 3 is 2.88 bits per heavy atom. The van der Waals surface area contributed by atoms with Crippen LogP contribution in [0.3, 0.4) is 0 Å². The molecule has 3 nitrogen and oxygen atoms in total. The van der Waals surface area contributed by atoms with E-state index in [2.05, 4.69) is 32.7 Å². The summed E-state index contributed by atoms with van der Waals surface area (Å²) >= 11 is 5.21. The minimum absolute atomic E-state index is 0.372. The first-order valence-corrected chi connectivity index (χ1v) is 7.07. The number of hydrogen-bond donors (Lipinski definition) is 1. The molecule has 0 amide bonds. The van der Waals surface area contributed by atoms with E-state index >= 15 is 0 Å². The third-order valence-electron chi connectivity index (χ3n) is 2.58. The second-order valence-electron chi connectivity index (χ2n) is 3.99. The van der Waals surface area contributed by atoms with Crippen molar-refractivity contribution in [3.8, 4) is 0 Å². The summed E-state index contributed by atoms with van der Waals surface area (Å²) in [6.07, 6.45) is 0.888. The van der Waals surface area contributed by atoms with Crippen LogP contribution in [0.1, 0.15) is 18.2 Å². The molecule has 90 valence electrons. The van der Waals surface area contributed by atoms with Gasteiger partial charge in [-0.1, -0.05) is 0 Å². The normalized spacial score (nSPS) is 19.1. The van der Waals surface area contributed by atoms with Crippen molar-refractivity contribution in [2.75, 3.05) is 19.8 Å². The SMILES string of the molecule is CC1(CCNCc2cc(Br)cs2)OCCO1. The highest BCUT2D eigenvalue weighted by Crippen LogP contribution is 2.22. The molecule has 1 aliphatic heterocycles. The third-order valence-corrected chi connectivity index (χ3v) is 4.27. The maximum absolute atomic E-state index is 5.53. The zero-order valence-electron chi connectivity index (χ0n) is 9.29. The lowest BCUT2D eigenvalue weighted by Crippen LogP contribution is -2.30. The van der Waals surface area contributed by atoms with Crippen LogP contribution in [0.2, 0.25) is 0 Å². The van der Waals surface area contributed by atoms with Crippen LogP contribution < -0.4 is 5.32 Å². The largest absolute Gasteiger partial charge is 0.348 e. The molecule has 1 saturated heterocycles. The van der Waals surface area contributed by atoms with E-state index in [9.17, 15) is 0 Å². The van der Waals surface area contributed by atoms with Gasteiger partial charge in [-0.25, -0.2) is 0 Å². The van der Waals surface area contributed by atoms with Crippen molar-refractivity contribution >= 4 is 27.3 Å². The quantitative estimate of drug-likeness (QED) is 0.849. The lowest BCUT2D eigenvalue weighted by atomic mass is 10.2. The summed E-state index contributed by atoms with van der Waals surface area (Å²) in [6, 6.07) is 2.14. The summed E-state index contributed by atoms with van der Waals surface area (Å²) < 4.78 is 12.2. The first-order chi connectivity index (χ1) is 7.68. The van der Waals surface area contributed by atoms with E-state index in [1.165, 1.54) is 4.88 Å². The molecule has 1 aliphatic rings. The summed E-state index contributed by atoms with van der Waals surface area (Å²) in [5.74, 6) is -0.372. The van der Waals surface area contributed by atoms with Gasteiger partial charge in [-0.15, -0.1) is 11.3 Å². The number of halogens is 1. The molecule has 0 spiro atoms. The highest BCUT2D eigenvalue weighted by molar-refractivity contribution is 9.10. The van der Waals surface area contributed by atoms with Crippen LogP contribution in [0.15, 0.2) is 15.9 Å². The first kappa shape index (κ1) is 12.5. The molecule has 16 heavy (non-hydrogen) atoms. The topological polar surface area (TPSA) is 30.5 Å². The van der Waals surface area contributed by atoms with Gasteiger partial charge in [-0.3, -0.25) is 0 Å². The number of nitrogens with one attached hydrogen (secondary N) is 1. The molecule has 1 fully saturated rings. The Bertz CT molecular complexity index is 336. The Balaban J connectivity index is 1.65. The average molecular weight is 306 g/mol. The molecular weight excluding hydrogens is 290 g/mol. The fourth-order valence-electron chi connectivity index (χ4n) is 1.67. The number of rotatable bonds is 5. The van der Waals surface area contributed by atoms with Gasteiger partial charge in [-0.2, -0.15) is 0 Å². The van der Waals surface area contributed by atoms with Crippen LogP contribution in [0.4, 0.5) is 0 Å². The zero-order valence-corrected chi connectivity index (χ0v) is 11.7. The molecule has 5 heteroatoms. The minimum atomic E-state index is -0.372. The van der Waals surface area contributed by atoms with E-state index in [0.717, 1.165) is 24.0 Å². The Morgan fingerprint density at radius 2 is 2.25 bits per heavy atom. The summed E-state index contributed by atoms with van der Waals surface area (Å²) in [5, 5.41) is 5.50. The molecule has 0 saturated carbocycles. The van der Waals surface area contributed by atoms with Gasteiger partial charge in [0, 0.05) is 34.2 Å². The number of thiophene rings is 1. The van der Waals surface area contributed by atoms with Crippen molar-refractivity contribution in [1.82, 2.24) is 5.32 Å². The Labute approximate surface area is 108 Å². The smallest absolute Gasteiger partial charge is 0.166 e. The lowest BCUT2D eigenvalue weighted by molar-refractivity contribution is -0.145. The van der Waals surface area contributed by atoms with Gasteiger partial charge >= 0.3 is 0 Å². The molecule has 0 bridgehead atoms. The van der Waals surface area contributed by atoms with Crippen molar-refractivity contribution in [3.05, 3.63) is 20.8 Å². The second-order valence-corrected chi connectivity index (χ2v) is 5.90. The number of ether oxygens (including phenoxy) is 2. The highest BCUT2D eigenvalue weighted by atomic mass is 79.9. The van der Waals surface area contributed by atoms with Crippen LogP contribution in [0.25, 0.3) is 0 Å². The van der Waals surface area contributed by atoms with Crippen molar-refractivity contribution in [1.29, 1.82) is 0 Å². The molecule has 0 radical (unpaired) electrons. The minimum Gasteiger partial charge on any atom is -0.348 e. The summed E-state index contributed by atoms with van der Waals surface area (Å²) in [5.41, 5.74) is 0. The van der Waals surface area contributed by atoms with Crippen molar-refractivity contribution in [2.45, 2.75) is 25.7 Å². The average Bonchev–Trinajstić information content (AvgIpc) is 2.84. The van der Waals surface area contributed by atoms with Crippen molar-refractivity contribution in [3.63, 3.8) is 0 Å². The lowest BCUT2D eigenvalue weighted by Gasteiger charge is -2.22. The van der Waals surface area contributed by atoms with Gasteiger partial charge in [0.05, 0.1) is 13.2 Å². The fourth-order valence-corrected chi connectivity index (χ4v) is 3.10. The van der Waals surface area contributed by atoms with Crippen LogP contribution >= 0.6 is 27.3 Å². The second kappa shape index (κ2) is 5.60. The predicted molar refractivity (Wildman–Crippen MR) is 68.7 cm³/mol. The van der Waals surface area contributed by atoms with E-state index in [4.69, 9.17) is 9.47 Å². The van der Waals surface area contributed by atoms with Gasteiger partial charge in [0.1, 0.15) is 0 Å². The summed E-state index contributed by atoms with van der Waals surface area (Å²) in [6.45, 7) is 5.25. The molecule has 0 unspecified atom stereocenters. The summed E-state index contributed by atoms with van der Waals surface area (Å²) in [7, 11) is 0. The maximum Gasteiger partial charge on any atom is 0.166 e. The molecule has 1 aromatic rings. The monoisotopic (exact) mass is 305 g/mol. The van der Waals surface area contributed by atoms with Crippen LogP contribution in [-0.2, 0) is 16.0 Å². The van der Waals surface area contributed by atoms with Gasteiger partial charge in [0.25, 0.3) is 0 Å². The van der Waals surface area contributed by atoms with Crippen molar-refractivity contribution in [2.24, 2.45) is 0 Å². The fraction of sp³-hybridized carbons (Fsp3) is 0.636. The maximum atomic E-state index is 5.53. The van der Waals surface area contributed by atoms with Crippen LogP contribution in [0, 0.1) is 0 Å². The Hall–Kier alpha value is 0.0600. The van der Waals surface area contributed by atoms with Crippen LogP contribution in [0.5, 0.6) is 0 Å². The predicted octanol–water partition coefficient (Wildman–Crippen LogP) is 2.75. The Kier molecular flexibility index (Phi) is 4.38. The van der Waals surface area contributed by atoms with E-state index in [1.54, 1.807) is 11.3 Å². The number of hydrogen-bond acceptors (Lipinski definition) is 4. The van der Waals surface area contributed by atoms with Gasteiger partial charge in [0.15, 0.2) is 5.79 Å².